The number of ketones is 1. The van der Waals surface area contributed by atoms with Gasteiger partial charge in [-0.3, -0.25) is 4.79 Å². The predicted molar refractivity (Wildman–Crippen MR) is 132 cm³/mol. The molecule has 3 N–H and O–H groups in total. The molecule has 0 bridgehead atoms. The molecule has 3 heterocycles. The summed E-state index contributed by atoms with van der Waals surface area (Å²) in [6, 6.07) is 7.95. The van der Waals surface area contributed by atoms with Gasteiger partial charge in [0.15, 0.2) is 11.4 Å². The fraction of sp³-hybridized carbons (Fsp3) is 0.458. The van der Waals surface area contributed by atoms with Gasteiger partial charge in [0.2, 0.25) is 0 Å². The van der Waals surface area contributed by atoms with E-state index < -0.39 is 10.2 Å². The summed E-state index contributed by atoms with van der Waals surface area (Å²) in [4.78, 5) is 28.1. The number of nitrogens with two attached hydrogens (primary N) is 1. The molecule has 3 aromatic rings. The Hall–Kier alpha value is -2.82. The van der Waals surface area contributed by atoms with Crippen molar-refractivity contribution in [2.75, 3.05) is 31.1 Å². The number of nitrogens with zero attached hydrogens (tertiary/aromatic N) is 4. The highest BCUT2D eigenvalue weighted by Crippen LogP contribution is 2.39. The lowest BCUT2D eigenvalue weighted by molar-refractivity contribution is 0.0751. The Kier molecular flexibility index (Phi) is 5.91. The van der Waals surface area contributed by atoms with E-state index in [4.69, 9.17) is 10.1 Å². The van der Waals surface area contributed by atoms with Crippen molar-refractivity contribution in [2.24, 2.45) is 10.6 Å². The summed E-state index contributed by atoms with van der Waals surface area (Å²) in [6.07, 6.45) is 8.64. The SMILES string of the molecule is CC1(C(=O)c2c[nH]c3ncc(-c4cccc(N5CCN(S(N)(=O)=O)CC5)c4)nc23)CCCCC1. The van der Waals surface area contributed by atoms with Crippen molar-refractivity contribution in [3.05, 3.63) is 42.2 Å². The van der Waals surface area contributed by atoms with Crippen LogP contribution in [-0.4, -0.2) is 59.6 Å². The number of carbonyl (C=O) groups is 1. The van der Waals surface area contributed by atoms with Gasteiger partial charge in [-0.05, 0) is 25.0 Å². The fourth-order valence-corrected chi connectivity index (χ4v) is 5.82. The van der Waals surface area contributed by atoms with Crippen molar-refractivity contribution in [1.29, 1.82) is 0 Å². The Labute approximate surface area is 199 Å². The highest BCUT2D eigenvalue weighted by atomic mass is 32.2. The van der Waals surface area contributed by atoms with Crippen LogP contribution in [0.4, 0.5) is 5.69 Å². The van der Waals surface area contributed by atoms with Crippen LogP contribution in [0.2, 0.25) is 0 Å². The number of H-pyrrole nitrogens is 1. The Balaban J connectivity index is 1.42. The minimum Gasteiger partial charge on any atom is -0.369 e. The molecule has 0 atom stereocenters. The number of aromatic amines is 1. The molecule has 1 saturated carbocycles. The van der Waals surface area contributed by atoms with Gasteiger partial charge in [-0.1, -0.05) is 38.3 Å². The molecule has 1 aliphatic heterocycles. The molecule has 2 aromatic heterocycles. The molecule has 1 aromatic carbocycles. The molecule has 2 aliphatic rings. The Bertz CT molecular complexity index is 1320. The summed E-state index contributed by atoms with van der Waals surface area (Å²) in [6.45, 7) is 3.88. The standard InChI is InChI=1S/C24H30N6O3S/c1-24(8-3-2-4-9-24)22(31)19-15-26-23-21(19)28-20(16-27-23)17-6-5-7-18(14-17)29-10-12-30(13-11-29)34(25,32)33/h5-7,14-16H,2-4,8-13H2,1H3,(H,26,27)(H2,25,32,33). The maximum absolute atomic E-state index is 13.5. The van der Waals surface area contributed by atoms with E-state index >= 15 is 0 Å². The number of anilines is 1. The number of piperazine rings is 1. The molecule has 1 aliphatic carbocycles. The van der Waals surface area contributed by atoms with Crippen molar-refractivity contribution < 1.29 is 13.2 Å². The van der Waals surface area contributed by atoms with Crippen LogP contribution in [0.25, 0.3) is 22.4 Å². The Morgan fingerprint density at radius 2 is 1.85 bits per heavy atom. The van der Waals surface area contributed by atoms with Gasteiger partial charge in [0.05, 0.1) is 17.5 Å². The van der Waals surface area contributed by atoms with Gasteiger partial charge in [-0.25, -0.2) is 15.1 Å². The number of hydrogen-bond acceptors (Lipinski definition) is 6. The van der Waals surface area contributed by atoms with Gasteiger partial charge in [-0.15, -0.1) is 0 Å². The third-order valence-electron chi connectivity index (χ3n) is 7.24. The van der Waals surface area contributed by atoms with Crippen molar-refractivity contribution in [1.82, 2.24) is 19.3 Å². The van der Waals surface area contributed by atoms with Gasteiger partial charge < -0.3 is 9.88 Å². The van der Waals surface area contributed by atoms with Crippen molar-refractivity contribution in [2.45, 2.75) is 39.0 Å². The van der Waals surface area contributed by atoms with Crippen LogP contribution in [0.3, 0.4) is 0 Å². The van der Waals surface area contributed by atoms with Gasteiger partial charge in [-0.2, -0.15) is 12.7 Å². The summed E-state index contributed by atoms with van der Waals surface area (Å²) in [5.41, 5.74) is 4.06. The number of hydrogen-bond donors (Lipinski definition) is 2. The van der Waals surface area contributed by atoms with E-state index in [0.717, 1.165) is 36.9 Å². The van der Waals surface area contributed by atoms with Gasteiger partial charge >= 0.3 is 0 Å². The molecule has 34 heavy (non-hydrogen) atoms. The van der Waals surface area contributed by atoms with E-state index in [2.05, 4.69) is 21.8 Å². The molecule has 10 heteroatoms. The minimum absolute atomic E-state index is 0.145. The van der Waals surface area contributed by atoms with Crippen LogP contribution < -0.4 is 10.0 Å². The number of aromatic nitrogens is 3. The lowest BCUT2D eigenvalue weighted by Crippen LogP contribution is -2.50. The first kappa shape index (κ1) is 22.9. The van der Waals surface area contributed by atoms with Crippen molar-refractivity contribution in [3.8, 4) is 11.3 Å². The van der Waals surface area contributed by atoms with E-state index in [-0.39, 0.29) is 11.2 Å². The Morgan fingerprint density at radius 1 is 1.12 bits per heavy atom. The van der Waals surface area contributed by atoms with Crippen LogP contribution in [0.15, 0.2) is 36.7 Å². The molecule has 0 radical (unpaired) electrons. The number of Topliss-reactive ketones (excluding diaryl/α,β-unsaturated/α-hetero) is 1. The lowest BCUT2D eigenvalue weighted by Gasteiger charge is -2.34. The fourth-order valence-electron chi connectivity index (χ4n) is 5.15. The number of rotatable bonds is 5. The average Bonchev–Trinajstić information content (AvgIpc) is 3.27. The molecule has 0 spiro atoms. The summed E-state index contributed by atoms with van der Waals surface area (Å²) >= 11 is 0. The number of nitrogens with one attached hydrogen (secondary N) is 1. The molecule has 180 valence electrons. The first-order chi connectivity index (χ1) is 16.2. The third-order valence-corrected chi connectivity index (χ3v) is 8.32. The first-order valence-corrected chi connectivity index (χ1v) is 13.3. The van der Waals surface area contributed by atoms with Crippen LogP contribution in [-0.2, 0) is 10.2 Å². The Morgan fingerprint density at radius 3 is 2.56 bits per heavy atom. The van der Waals surface area contributed by atoms with E-state index in [1.165, 1.54) is 10.7 Å². The summed E-state index contributed by atoms with van der Waals surface area (Å²) < 4.78 is 24.5. The average molecular weight is 483 g/mol. The monoisotopic (exact) mass is 482 g/mol. The summed E-state index contributed by atoms with van der Waals surface area (Å²) in [7, 11) is -3.66. The maximum Gasteiger partial charge on any atom is 0.277 e. The molecule has 1 saturated heterocycles. The van der Waals surface area contributed by atoms with E-state index in [9.17, 15) is 13.2 Å². The number of benzene rings is 1. The normalized spacial score (nSPS) is 19.4. The minimum atomic E-state index is -3.66. The molecule has 0 unspecified atom stereocenters. The van der Waals surface area contributed by atoms with Gasteiger partial charge in [0, 0.05) is 49.0 Å². The zero-order valence-electron chi connectivity index (χ0n) is 19.3. The second-order valence-electron chi connectivity index (χ2n) is 9.59. The number of carbonyl (C=O) groups excluding carboxylic acids is 1. The smallest absolute Gasteiger partial charge is 0.277 e. The molecule has 9 nitrogen and oxygen atoms in total. The van der Waals surface area contributed by atoms with Crippen LogP contribution in [0.5, 0.6) is 0 Å². The summed E-state index contributed by atoms with van der Waals surface area (Å²) in [5.74, 6) is 0.145. The lowest BCUT2D eigenvalue weighted by atomic mass is 9.71. The molecule has 0 amide bonds. The van der Waals surface area contributed by atoms with Gasteiger partial charge in [0.25, 0.3) is 10.2 Å². The van der Waals surface area contributed by atoms with Crippen LogP contribution in [0.1, 0.15) is 49.4 Å². The second kappa shape index (κ2) is 8.75. The highest BCUT2D eigenvalue weighted by Gasteiger charge is 2.36. The molecular formula is C24H30N6O3S. The zero-order chi connectivity index (χ0) is 23.9. The summed E-state index contributed by atoms with van der Waals surface area (Å²) in [5, 5.41) is 5.26. The largest absolute Gasteiger partial charge is 0.369 e. The quantitative estimate of drug-likeness (QED) is 0.538. The third kappa shape index (κ3) is 4.33. The van der Waals surface area contributed by atoms with E-state index in [1.54, 1.807) is 12.4 Å². The van der Waals surface area contributed by atoms with Crippen LogP contribution in [0, 0.1) is 5.41 Å². The highest BCUT2D eigenvalue weighted by molar-refractivity contribution is 7.86. The second-order valence-corrected chi connectivity index (χ2v) is 11.1. The first-order valence-electron chi connectivity index (χ1n) is 11.8. The topological polar surface area (TPSA) is 125 Å². The maximum atomic E-state index is 13.5. The molecular weight excluding hydrogens is 452 g/mol. The number of fused-ring (bicyclic) bond motifs is 1. The van der Waals surface area contributed by atoms with E-state index in [1.807, 2.05) is 24.3 Å². The van der Waals surface area contributed by atoms with Crippen molar-refractivity contribution in [3.63, 3.8) is 0 Å². The van der Waals surface area contributed by atoms with Crippen LogP contribution >= 0.6 is 0 Å². The molecule has 5 rings (SSSR count). The molecule has 2 fully saturated rings. The van der Waals surface area contributed by atoms with Crippen molar-refractivity contribution >= 4 is 32.8 Å². The van der Waals surface area contributed by atoms with Gasteiger partial charge in [0.1, 0.15) is 5.52 Å². The zero-order valence-corrected chi connectivity index (χ0v) is 20.1. The van der Waals surface area contributed by atoms with E-state index in [0.29, 0.717) is 48.6 Å². The predicted octanol–water partition coefficient (Wildman–Crippen LogP) is 3.10.